The molecule has 2 heteroatoms. The molecule has 174 valence electrons. The molecule has 4 aromatic carbocycles. The van der Waals surface area contributed by atoms with Gasteiger partial charge in [0.15, 0.2) is 0 Å². The van der Waals surface area contributed by atoms with E-state index in [0.717, 1.165) is 0 Å². The summed E-state index contributed by atoms with van der Waals surface area (Å²) >= 11 is 1.93. The maximum Gasteiger partial charge on any atom is 0.0593 e. The fourth-order valence-electron chi connectivity index (χ4n) is 7.17. The number of hydrogen-bond donors (Lipinski definition) is 0. The molecule has 0 aliphatic heterocycles. The predicted molar refractivity (Wildman–Crippen MR) is 155 cm³/mol. The van der Waals surface area contributed by atoms with Crippen LogP contribution in [0.25, 0.3) is 49.1 Å². The molecule has 36 heavy (non-hydrogen) atoms. The van der Waals surface area contributed by atoms with Crippen LogP contribution in [0.2, 0.25) is 0 Å². The number of para-hydroxylation sites is 1. The van der Waals surface area contributed by atoms with Crippen molar-refractivity contribution in [2.45, 2.75) is 38.1 Å². The van der Waals surface area contributed by atoms with Crippen LogP contribution in [0.3, 0.4) is 0 Å². The summed E-state index contributed by atoms with van der Waals surface area (Å²) in [4.78, 5) is 1.42. The predicted octanol–water partition coefficient (Wildman–Crippen LogP) is 9.69. The van der Waals surface area contributed by atoms with Crippen molar-refractivity contribution in [1.29, 1.82) is 0 Å². The van der Waals surface area contributed by atoms with E-state index in [1.165, 1.54) is 64.6 Å². The Morgan fingerprint density at radius 2 is 1.50 bits per heavy atom. The van der Waals surface area contributed by atoms with Crippen LogP contribution in [0.15, 0.2) is 91.0 Å². The number of rotatable bonds is 1. The molecule has 2 aliphatic rings. The van der Waals surface area contributed by atoms with E-state index in [9.17, 15) is 0 Å². The van der Waals surface area contributed by atoms with Crippen LogP contribution in [0.1, 0.15) is 54.3 Å². The molecule has 0 amide bonds. The monoisotopic (exact) mass is 481 g/mol. The summed E-state index contributed by atoms with van der Waals surface area (Å²) in [5.74, 6) is 0.378. The molecule has 2 heterocycles. The molecule has 0 bridgehead atoms. The lowest BCUT2D eigenvalue weighted by atomic mass is 9.81. The molecule has 0 saturated heterocycles. The largest absolute Gasteiger partial charge is 0.333 e. The first-order chi connectivity index (χ1) is 17.6. The highest BCUT2D eigenvalue weighted by atomic mass is 32.1. The number of benzene rings is 4. The van der Waals surface area contributed by atoms with Gasteiger partial charge in [-0.15, -0.1) is 11.3 Å². The van der Waals surface area contributed by atoms with Gasteiger partial charge in [0.05, 0.1) is 11.6 Å². The highest BCUT2D eigenvalue weighted by Crippen LogP contribution is 2.54. The van der Waals surface area contributed by atoms with Crippen LogP contribution in [0.4, 0.5) is 0 Å². The third-order valence-corrected chi connectivity index (χ3v) is 9.91. The van der Waals surface area contributed by atoms with Gasteiger partial charge in [-0.3, -0.25) is 0 Å². The Morgan fingerprint density at radius 3 is 2.39 bits per heavy atom. The van der Waals surface area contributed by atoms with Crippen molar-refractivity contribution in [3.05, 3.63) is 113 Å². The van der Waals surface area contributed by atoms with E-state index in [2.05, 4.69) is 122 Å². The molecule has 2 atom stereocenters. The Kier molecular flexibility index (Phi) is 3.99. The van der Waals surface area contributed by atoms with Crippen LogP contribution in [0.5, 0.6) is 0 Å². The standard InChI is InChI=1S/C34H27NS/c1-20-27(18-19-30-31(20)25-12-6-9-15-29(25)36-30)35-28-14-8-5-11-22(28)24-17-16-23-21-10-4-7-13-26(21)34(2,3)32(23)33(24)35/h4-20,27H,1-3H3. The second-order valence-electron chi connectivity index (χ2n) is 11.0. The van der Waals surface area contributed by atoms with E-state index in [1.807, 2.05) is 11.3 Å². The topological polar surface area (TPSA) is 4.93 Å². The lowest BCUT2D eigenvalue weighted by Crippen LogP contribution is -2.20. The van der Waals surface area contributed by atoms with Gasteiger partial charge in [0.1, 0.15) is 0 Å². The number of thiophene rings is 1. The summed E-state index contributed by atoms with van der Waals surface area (Å²) in [7, 11) is 0. The van der Waals surface area contributed by atoms with Gasteiger partial charge in [-0.2, -0.15) is 0 Å². The number of nitrogens with zero attached hydrogens (tertiary/aromatic N) is 1. The number of hydrogen-bond acceptors (Lipinski definition) is 1. The smallest absolute Gasteiger partial charge is 0.0593 e. The minimum Gasteiger partial charge on any atom is -0.333 e. The van der Waals surface area contributed by atoms with E-state index >= 15 is 0 Å². The van der Waals surface area contributed by atoms with Gasteiger partial charge in [0.2, 0.25) is 0 Å². The van der Waals surface area contributed by atoms with Crippen LogP contribution >= 0.6 is 11.3 Å². The van der Waals surface area contributed by atoms with Gasteiger partial charge >= 0.3 is 0 Å². The van der Waals surface area contributed by atoms with Crippen LogP contribution in [0, 0.1) is 0 Å². The molecule has 2 aliphatic carbocycles. The van der Waals surface area contributed by atoms with Crippen molar-refractivity contribution in [1.82, 2.24) is 4.57 Å². The van der Waals surface area contributed by atoms with Crippen molar-refractivity contribution in [2.75, 3.05) is 0 Å². The maximum atomic E-state index is 2.67. The second kappa shape index (κ2) is 6.99. The Labute approximate surface area is 215 Å². The van der Waals surface area contributed by atoms with E-state index in [-0.39, 0.29) is 11.5 Å². The molecular weight excluding hydrogens is 454 g/mol. The Morgan fingerprint density at radius 1 is 0.750 bits per heavy atom. The second-order valence-corrected chi connectivity index (χ2v) is 12.0. The molecule has 0 saturated carbocycles. The summed E-state index contributed by atoms with van der Waals surface area (Å²) in [5.41, 5.74) is 9.86. The minimum atomic E-state index is -0.0561. The van der Waals surface area contributed by atoms with Crippen LogP contribution < -0.4 is 0 Å². The lowest BCUT2D eigenvalue weighted by Gasteiger charge is -2.30. The fourth-order valence-corrected chi connectivity index (χ4v) is 8.39. The quantitative estimate of drug-likeness (QED) is 0.220. The highest BCUT2D eigenvalue weighted by molar-refractivity contribution is 7.20. The van der Waals surface area contributed by atoms with Gasteiger partial charge in [-0.1, -0.05) is 99.6 Å². The SMILES string of the molecule is CC1c2c(sc3ccccc23)C=CC1n1c2ccccc2c2ccc3c(c21)C(C)(C)c1ccccc1-3. The van der Waals surface area contributed by atoms with Crippen LogP contribution in [-0.2, 0) is 5.41 Å². The molecular formula is C34H27NS. The third-order valence-electron chi connectivity index (χ3n) is 8.76. The van der Waals surface area contributed by atoms with Crippen molar-refractivity contribution < 1.29 is 0 Å². The maximum absolute atomic E-state index is 2.67. The number of aromatic nitrogens is 1. The van der Waals surface area contributed by atoms with Crippen molar-refractivity contribution in [2.24, 2.45) is 0 Å². The van der Waals surface area contributed by atoms with E-state index in [0.29, 0.717) is 5.92 Å². The lowest BCUT2D eigenvalue weighted by molar-refractivity contribution is 0.539. The zero-order valence-corrected chi connectivity index (χ0v) is 21.6. The summed E-state index contributed by atoms with van der Waals surface area (Å²) < 4.78 is 4.06. The minimum absolute atomic E-state index is 0.0561. The first-order valence-corrected chi connectivity index (χ1v) is 13.7. The fraction of sp³-hybridized carbons (Fsp3) is 0.176. The van der Waals surface area contributed by atoms with Crippen molar-refractivity contribution in [3.8, 4) is 11.1 Å². The van der Waals surface area contributed by atoms with Gasteiger partial charge in [-0.05, 0) is 51.4 Å². The first-order valence-electron chi connectivity index (χ1n) is 12.9. The Bertz CT molecular complexity index is 1890. The zero-order valence-electron chi connectivity index (χ0n) is 20.7. The van der Waals surface area contributed by atoms with E-state index in [1.54, 1.807) is 0 Å². The third kappa shape index (κ3) is 2.45. The van der Waals surface area contributed by atoms with Crippen LogP contribution in [-0.4, -0.2) is 4.57 Å². The van der Waals surface area contributed by atoms with E-state index < -0.39 is 0 Å². The molecule has 0 spiro atoms. The zero-order chi connectivity index (χ0) is 24.2. The highest BCUT2D eigenvalue weighted by Gasteiger charge is 2.39. The molecule has 0 N–H and O–H groups in total. The molecule has 6 aromatic rings. The number of allylic oxidation sites excluding steroid dienone is 1. The average molecular weight is 482 g/mol. The van der Waals surface area contributed by atoms with Crippen molar-refractivity contribution >= 4 is 49.3 Å². The van der Waals surface area contributed by atoms with E-state index in [4.69, 9.17) is 0 Å². The Balaban J connectivity index is 1.47. The molecule has 1 nitrogen and oxygen atoms in total. The van der Waals surface area contributed by atoms with Gasteiger partial charge < -0.3 is 4.57 Å². The average Bonchev–Trinajstić information content (AvgIpc) is 3.51. The summed E-state index contributed by atoms with van der Waals surface area (Å²) in [6.45, 7) is 7.24. The first kappa shape index (κ1) is 20.6. The van der Waals surface area contributed by atoms with Crippen molar-refractivity contribution in [3.63, 3.8) is 0 Å². The molecule has 8 rings (SSSR count). The van der Waals surface area contributed by atoms with Gasteiger partial charge in [-0.25, -0.2) is 0 Å². The normalized spacial score (nSPS) is 19.6. The summed E-state index contributed by atoms with van der Waals surface area (Å²) in [5, 5.41) is 4.13. The van der Waals surface area contributed by atoms with Gasteiger partial charge in [0.25, 0.3) is 0 Å². The molecule has 2 aromatic heterocycles. The molecule has 0 fully saturated rings. The number of fused-ring (bicyclic) bond motifs is 10. The summed E-state index contributed by atoms with van der Waals surface area (Å²) in [6.07, 6.45) is 4.84. The molecule has 2 unspecified atom stereocenters. The van der Waals surface area contributed by atoms with Gasteiger partial charge in [0, 0.05) is 37.2 Å². The molecule has 0 radical (unpaired) electrons. The summed E-state index contributed by atoms with van der Waals surface area (Å²) in [6, 6.07) is 31.9. The Hall–Kier alpha value is -3.62.